The minimum absolute atomic E-state index is 0.000100. The number of nitrogens with zero attached hydrogens (tertiary/aromatic N) is 8. The molecule has 2 aliphatic heterocycles. The summed E-state index contributed by atoms with van der Waals surface area (Å²) in [4.78, 5) is 26.3. The van der Waals surface area contributed by atoms with Gasteiger partial charge in [0, 0.05) is 25.0 Å². The Bertz CT molecular complexity index is 2140. The van der Waals surface area contributed by atoms with Gasteiger partial charge in [0.15, 0.2) is 33.8 Å². The van der Waals surface area contributed by atoms with Gasteiger partial charge in [-0.3, -0.25) is 0 Å². The second kappa shape index (κ2) is 13.2. The molecule has 0 spiro atoms. The molecule has 53 heavy (non-hydrogen) atoms. The Morgan fingerprint density at radius 3 is 1.91 bits per heavy atom. The van der Waals surface area contributed by atoms with Gasteiger partial charge in [0.1, 0.15) is 35.9 Å². The summed E-state index contributed by atoms with van der Waals surface area (Å²) in [5.74, 6) is -0.488. The SMILES string of the molecule is CC1(C)O[C@@H]2[C@@H](CO)C[C@@H](n3cnc4c(Cl)ncnc43)[C@@H]2O1.CC1(C)O[C@@H]2[C@@H](CO)C[C@@H](n3cnc4c(N[C@H]5CCc6ccccc65)ncnc43)[C@@H]2O1. The van der Waals surface area contributed by atoms with E-state index < -0.39 is 11.6 Å². The van der Waals surface area contributed by atoms with Crippen molar-refractivity contribution in [3.05, 3.63) is 65.9 Å². The number of nitrogens with one attached hydrogen (secondary N) is 1. The molecule has 5 aliphatic rings. The van der Waals surface area contributed by atoms with Crippen molar-refractivity contribution in [3.8, 4) is 0 Å². The molecule has 9 atom stereocenters. The lowest BCUT2D eigenvalue weighted by Gasteiger charge is -2.23. The monoisotopic (exact) mass is 745 g/mol. The molecule has 10 rings (SSSR count). The number of hydrogen-bond donors (Lipinski definition) is 3. The Morgan fingerprint density at radius 2 is 1.28 bits per heavy atom. The summed E-state index contributed by atoms with van der Waals surface area (Å²) in [6.07, 6.45) is 9.63. The molecule has 0 amide bonds. The molecular weight excluding hydrogens is 702 g/mol. The van der Waals surface area contributed by atoms with E-state index in [1.165, 1.54) is 17.5 Å². The van der Waals surface area contributed by atoms with Gasteiger partial charge in [-0.05, 0) is 64.5 Å². The van der Waals surface area contributed by atoms with Gasteiger partial charge in [-0.1, -0.05) is 35.9 Å². The number of hydrogen-bond acceptors (Lipinski definition) is 13. The zero-order valence-corrected chi connectivity index (χ0v) is 30.8. The highest BCUT2D eigenvalue weighted by Crippen LogP contribution is 2.49. The Balaban J connectivity index is 0.000000149. The van der Waals surface area contributed by atoms with E-state index in [9.17, 15) is 10.2 Å². The molecule has 2 saturated carbocycles. The van der Waals surface area contributed by atoms with Crippen LogP contribution in [0.4, 0.5) is 5.82 Å². The maximum Gasteiger partial charge on any atom is 0.165 e. The molecule has 4 fully saturated rings. The molecule has 280 valence electrons. The molecule has 6 heterocycles. The fraction of sp³-hybridized carbons (Fsp3) is 0.568. The van der Waals surface area contributed by atoms with E-state index in [2.05, 4.69) is 64.1 Å². The van der Waals surface area contributed by atoms with Crippen LogP contribution < -0.4 is 5.32 Å². The van der Waals surface area contributed by atoms with Crippen LogP contribution in [0.3, 0.4) is 0 Å². The molecule has 0 unspecified atom stereocenters. The van der Waals surface area contributed by atoms with Gasteiger partial charge in [-0.2, -0.15) is 0 Å². The van der Waals surface area contributed by atoms with Crippen molar-refractivity contribution in [1.29, 1.82) is 0 Å². The van der Waals surface area contributed by atoms with Crippen molar-refractivity contribution in [2.75, 3.05) is 18.5 Å². The van der Waals surface area contributed by atoms with Crippen molar-refractivity contribution in [1.82, 2.24) is 39.0 Å². The second-order valence-electron chi connectivity index (χ2n) is 15.6. The van der Waals surface area contributed by atoms with Crippen LogP contribution in [-0.4, -0.2) is 98.5 Å². The number of aromatic nitrogens is 8. The predicted octanol–water partition coefficient (Wildman–Crippen LogP) is 4.55. The number of anilines is 1. The zero-order chi connectivity index (χ0) is 36.6. The van der Waals surface area contributed by atoms with Crippen molar-refractivity contribution >= 4 is 39.7 Å². The second-order valence-corrected chi connectivity index (χ2v) is 15.9. The lowest BCUT2D eigenvalue weighted by atomic mass is 10.1. The Labute approximate surface area is 311 Å². The normalized spacial score (nSPS) is 32.1. The fourth-order valence-electron chi connectivity index (χ4n) is 9.15. The zero-order valence-electron chi connectivity index (χ0n) is 30.0. The third-order valence-electron chi connectivity index (χ3n) is 11.4. The van der Waals surface area contributed by atoms with Gasteiger partial charge >= 0.3 is 0 Å². The van der Waals surface area contributed by atoms with Gasteiger partial charge < -0.3 is 43.6 Å². The highest BCUT2D eigenvalue weighted by Gasteiger charge is 2.56. The molecule has 5 aromatic rings. The number of halogens is 1. The standard InChI is InChI=1S/C23H27N5O3.C14H17ClN4O3/c1-23(2)30-19-14(10-29)9-17(20(19)31-23)28-12-26-18-21(24-11-25-22(18)28)27-16-8-7-13-5-3-4-6-15(13)16;1-14(2)21-10-7(4-20)3-8(11(10)22-14)19-6-18-9-12(15)16-5-17-13(9)19/h3-6,11-12,14,16-17,19-20,29H,7-10H2,1-2H3,(H,24,25,27);5-8,10-11,20H,3-4H2,1-2H3/t14-,16+,17-,19-,20+;7-,8-,10-,11+/m11/s1. The van der Waals surface area contributed by atoms with Crippen LogP contribution in [0.2, 0.25) is 5.15 Å². The highest BCUT2D eigenvalue weighted by molar-refractivity contribution is 6.33. The van der Waals surface area contributed by atoms with Crippen molar-refractivity contribution in [2.24, 2.45) is 11.8 Å². The molecule has 1 aromatic carbocycles. The highest BCUT2D eigenvalue weighted by atomic mass is 35.5. The first-order valence-electron chi connectivity index (χ1n) is 18.3. The molecule has 3 aliphatic carbocycles. The lowest BCUT2D eigenvalue weighted by Crippen LogP contribution is -2.27. The van der Waals surface area contributed by atoms with E-state index in [1.54, 1.807) is 12.7 Å². The number of fused-ring (bicyclic) bond motifs is 5. The maximum absolute atomic E-state index is 9.90. The Hall–Kier alpha value is -3.83. The van der Waals surface area contributed by atoms with Gasteiger partial charge in [-0.25, -0.2) is 29.9 Å². The van der Waals surface area contributed by atoms with E-state index in [1.807, 2.05) is 38.6 Å². The maximum atomic E-state index is 9.90. The quantitative estimate of drug-likeness (QED) is 0.207. The predicted molar refractivity (Wildman–Crippen MR) is 193 cm³/mol. The van der Waals surface area contributed by atoms with Crippen LogP contribution in [0, 0.1) is 11.8 Å². The smallest absolute Gasteiger partial charge is 0.165 e. The molecule has 16 heteroatoms. The van der Waals surface area contributed by atoms with E-state index in [-0.39, 0.29) is 67.6 Å². The average molecular weight is 746 g/mol. The van der Waals surface area contributed by atoms with E-state index in [4.69, 9.17) is 30.5 Å². The van der Waals surface area contributed by atoms with Crippen molar-refractivity contribution in [2.45, 2.75) is 107 Å². The van der Waals surface area contributed by atoms with Crippen molar-refractivity contribution in [3.63, 3.8) is 0 Å². The lowest BCUT2D eigenvalue weighted by molar-refractivity contribution is -0.162. The summed E-state index contributed by atoms with van der Waals surface area (Å²) in [7, 11) is 0. The summed E-state index contributed by atoms with van der Waals surface area (Å²) in [5, 5.41) is 23.5. The number of benzene rings is 1. The summed E-state index contributed by atoms with van der Waals surface area (Å²) in [5.41, 5.74) is 5.51. The average Bonchev–Trinajstić information content (AvgIpc) is 3.99. The number of imidazole rings is 2. The van der Waals surface area contributed by atoms with Gasteiger partial charge in [0.2, 0.25) is 0 Å². The first kappa shape index (κ1) is 34.9. The number of rotatable bonds is 6. The summed E-state index contributed by atoms with van der Waals surface area (Å²) >= 11 is 6.07. The molecule has 3 N–H and O–H groups in total. The summed E-state index contributed by atoms with van der Waals surface area (Å²) in [6.45, 7) is 7.77. The molecule has 4 aromatic heterocycles. The van der Waals surface area contributed by atoms with E-state index >= 15 is 0 Å². The molecule has 15 nitrogen and oxygen atoms in total. The van der Waals surface area contributed by atoms with Gasteiger partial charge in [-0.15, -0.1) is 0 Å². The minimum Gasteiger partial charge on any atom is -0.396 e. The van der Waals surface area contributed by atoms with Crippen molar-refractivity contribution < 1.29 is 29.2 Å². The van der Waals surface area contributed by atoms with Crippen LogP contribution in [0.15, 0.2) is 49.6 Å². The minimum atomic E-state index is -0.657. The van der Waals surface area contributed by atoms with Gasteiger partial charge in [0.25, 0.3) is 0 Å². The molecule has 2 saturated heterocycles. The third kappa shape index (κ3) is 6.06. The fourth-order valence-corrected chi connectivity index (χ4v) is 9.33. The number of aliphatic hydroxyl groups is 2. The molecule has 0 radical (unpaired) electrons. The Morgan fingerprint density at radius 1 is 0.736 bits per heavy atom. The number of aryl methyl sites for hydroxylation is 1. The largest absolute Gasteiger partial charge is 0.396 e. The summed E-state index contributed by atoms with van der Waals surface area (Å²) < 4.78 is 28.4. The van der Waals surface area contributed by atoms with Crippen LogP contribution >= 0.6 is 11.6 Å². The number of ether oxygens (including phenoxy) is 4. The summed E-state index contributed by atoms with van der Waals surface area (Å²) in [6, 6.07) is 8.79. The van der Waals surface area contributed by atoms with Crippen LogP contribution in [0.25, 0.3) is 22.3 Å². The van der Waals surface area contributed by atoms with E-state index in [0.717, 1.165) is 42.7 Å². The number of aliphatic hydroxyl groups excluding tert-OH is 2. The molecule has 0 bridgehead atoms. The third-order valence-corrected chi connectivity index (χ3v) is 11.7. The van der Waals surface area contributed by atoms with Crippen LogP contribution in [-0.2, 0) is 25.4 Å². The topological polar surface area (TPSA) is 177 Å². The van der Waals surface area contributed by atoms with Crippen LogP contribution in [0.1, 0.15) is 76.2 Å². The van der Waals surface area contributed by atoms with E-state index in [0.29, 0.717) is 16.3 Å². The first-order valence-corrected chi connectivity index (χ1v) is 18.7. The van der Waals surface area contributed by atoms with Crippen LogP contribution in [0.5, 0.6) is 0 Å². The van der Waals surface area contributed by atoms with Gasteiger partial charge in [0.05, 0.1) is 43.0 Å². The molecular formula is C37H44ClN9O6. The Kier molecular flexibility index (Phi) is 8.68. The first-order chi connectivity index (χ1) is 25.5.